The van der Waals surface area contributed by atoms with Crippen molar-refractivity contribution in [2.75, 3.05) is 13.2 Å². The van der Waals surface area contributed by atoms with Crippen LogP contribution in [-0.2, 0) is 4.43 Å². The molecule has 1 N–H and O–H groups in total. The van der Waals surface area contributed by atoms with Gasteiger partial charge in [0.05, 0.1) is 0 Å². The summed E-state index contributed by atoms with van der Waals surface area (Å²) in [4.78, 5) is 0. The van der Waals surface area contributed by atoms with E-state index in [0.29, 0.717) is 6.61 Å². The molecule has 0 saturated heterocycles. The first-order valence-corrected chi connectivity index (χ1v) is 18.3. The van der Waals surface area contributed by atoms with Crippen molar-refractivity contribution in [1.29, 1.82) is 0 Å². The Balaban J connectivity index is 1.55. The highest BCUT2D eigenvalue weighted by atomic mass is 28.4. The molecule has 220 valence electrons. The molecule has 0 bridgehead atoms. The molecule has 0 radical (unpaired) electrons. The summed E-state index contributed by atoms with van der Waals surface area (Å²) < 4.78 is 7.03. The normalized spacial score (nSPS) is 12.2. The molecule has 2 aromatic rings. The summed E-state index contributed by atoms with van der Waals surface area (Å²) in [6.45, 7) is 8.31. The van der Waals surface area contributed by atoms with Gasteiger partial charge in [-0.25, -0.2) is 0 Å². The van der Waals surface area contributed by atoms with Crippen molar-refractivity contribution in [3.63, 3.8) is 0 Å². The van der Waals surface area contributed by atoms with Crippen molar-refractivity contribution in [1.82, 2.24) is 0 Å². The van der Waals surface area contributed by atoms with E-state index in [1.165, 1.54) is 113 Å². The van der Waals surface area contributed by atoms with Crippen LogP contribution in [0, 0.1) is 0 Å². The number of unbranched alkanes of at least 4 members (excludes halogenated alkanes) is 17. The number of hydrogen-bond donors (Lipinski definition) is 1. The summed E-state index contributed by atoms with van der Waals surface area (Å²) in [5.41, 5.74) is 0. The minimum Gasteiger partial charge on any atom is -0.407 e. The van der Waals surface area contributed by atoms with Gasteiger partial charge in [-0.3, -0.25) is 0 Å². The van der Waals surface area contributed by atoms with Crippen LogP contribution in [0.1, 0.15) is 136 Å². The lowest BCUT2D eigenvalue weighted by Gasteiger charge is -2.43. The van der Waals surface area contributed by atoms with E-state index >= 15 is 0 Å². The van der Waals surface area contributed by atoms with Gasteiger partial charge < -0.3 is 9.53 Å². The van der Waals surface area contributed by atoms with Gasteiger partial charge in [-0.15, -0.1) is 0 Å². The number of aliphatic hydroxyl groups is 1. The molecular formula is C36H60O2Si. The minimum absolute atomic E-state index is 0.0661. The monoisotopic (exact) mass is 552 g/mol. The van der Waals surface area contributed by atoms with E-state index in [1.54, 1.807) is 0 Å². The second kappa shape index (κ2) is 20.5. The van der Waals surface area contributed by atoms with Gasteiger partial charge in [0.1, 0.15) is 0 Å². The van der Waals surface area contributed by atoms with E-state index < -0.39 is 8.32 Å². The highest BCUT2D eigenvalue weighted by molar-refractivity contribution is 6.99. The third-order valence-corrected chi connectivity index (χ3v) is 13.3. The molecule has 0 aliphatic heterocycles. The van der Waals surface area contributed by atoms with Crippen LogP contribution in [0.3, 0.4) is 0 Å². The molecule has 0 heterocycles. The van der Waals surface area contributed by atoms with Gasteiger partial charge in [-0.1, -0.05) is 184 Å². The van der Waals surface area contributed by atoms with Gasteiger partial charge in [-0.2, -0.15) is 0 Å². The molecule has 39 heavy (non-hydrogen) atoms. The summed E-state index contributed by atoms with van der Waals surface area (Å²) in [5.74, 6) is 0. The van der Waals surface area contributed by atoms with Crippen LogP contribution < -0.4 is 10.4 Å². The van der Waals surface area contributed by atoms with Gasteiger partial charge in [-0.05, 0) is 28.3 Å². The highest BCUT2D eigenvalue weighted by Crippen LogP contribution is 2.36. The Morgan fingerprint density at radius 1 is 0.487 bits per heavy atom. The van der Waals surface area contributed by atoms with Crippen LogP contribution in [0.4, 0.5) is 0 Å². The standard InChI is InChI=1S/C36H60O2Si/c1-36(2,3)39(34-28-22-20-23-29-34,35-30-24-21-25-31-35)38-33-27-19-17-15-13-11-9-7-5-4-6-8-10-12-14-16-18-26-32-37/h20-25,28-31,37H,4-19,26-27,32-33H2,1-3H3. The smallest absolute Gasteiger partial charge is 0.261 e. The molecule has 0 unspecified atom stereocenters. The van der Waals surface area contributed by atoms with Crippen molar-refractivity contribution in [2.45, 2.75) is 141 Å². The van der Waals surface area contributed by atoms with Gasteiger partial charge >= 0.3 is 0 Å². The average molecular weight is 553 g/mol. The van der Waals surface area contributed by atoms with Crippen molar-refractivity contribution in [2.24, 2.45) is 0 Å². The number of aliphatic hydroxyl groups excluding tert-OH is 1. The zero-order valence-electron chi connectivity index (χ0n) is 25.8. The molecular weight excluding hydrogens is 492 g/mol. The van der Waals surface area contributed by atoms with E-state index in [2.05, 4.69) is 81.4 Å². The Hall–Kier alpha value is -1.42. The summed E-state index contributed by atoms with van der Waals surface area (Å²) in [6.07, 6.45) is 24.1. The SMILES string of the molecule is CC(C)(C)[Si](OCCCCCCCCCCCCCCCCCCCCO)(c1ccccc1)c1ccccc1. The van der Waals surface area contributed by atoms with Crippen LogP contribution in [-0.4, -0.2) is 26.6 Å². The maximum Gasteiger partial charge on any atom is 0.261 e. The predicted octanol–water partition coefficient (Wildman–Crippen LogP) is 9.58. The van der Waals surface area contributed by atoms with Crippen LogP contribution in [0.15, 0.2) is 60.7 Å². The predicted molar refractivity (Wildman–Crippen MR) is 174 cm³/mol. The highest BCUT2D eigenvalue weighted by Gasteiger charge is 2.49. The van der Waals surface area contributed by atoms with Crippen LogP contribution in [0.5, 0.6) is 0 Å². The number of hydrogen-bond acceptors (Lipinski definition) is 2. The average Bonchev–Trinajstić information content (AvgIpc) is 2.94. The Labute approximate surface area is 243 Å². The van der Waals surface area contributed by atoms with Crippen molar-refractivity contribution < 1.29 is 9.53 Å². The fourth-order valence-corrected chi connectivity index (χ4v) is 10.6. The van der Waals surface area contributed by atoms with Gasteiger partial charge in [0.15, 0.2) is 0 Å². The molecule has 0 aliphatic rings. The first-order chi connectivity index (χ1) is 19.0. The maximum atomic E-state index is 8.81. The summed E-state index contributed by atoms with van der Waals surface area (Å²) in [6, 6.07) is 22.0. The minimum atomic E-state index is -2.37. The van der Waals surface area contributed by atoms with Crippen LogP contribution in [0.25, 0.3) is 0 Å². The molecule has 2 nitrogen and oxygen atoms in total. The van der Waals surface area contributed by atoms with E-state index in [0.717, 1.165) is 19.4 Å². The fourth-order valence-electron chi connectivity index (χ4n) is 6.03. The Kier molecular flexibility index (Phi) is 17.7. The Bertz CT molecular complexity index is 775. The molecule has 0 atom stereocenters. The lowest BCUT2D eigenvalue weighted by molar-refractivity contribution is 0.282. The third-order valence-electron chi connectivity index (χ3n) is 8.29. The van der Waals surface area contributed by atoms with E-state index in [-0.39, 0.29) is 5.04 Å². The molecule has 3 heteroatoms. The first kappa shape index (κ1) is 33.8. The van der Waals surface area contributed by atoms with E-state index in [4.69, 9.17) is 9.53 Å². The molecule has 2 rings (SSSR count). The summed E-state index contributed by atoms with van der Waals surface area (Å²) in [7, 11) is -2.37. The molecule has 0 aliphatic carbocycles. The molecule has 0 amide bonds. The lowest BCUT2D eigenvalue weighted by atomic mass is 10.0. The molecule has 0 spiro atoms. The number of benzene rings is 2. The molecule has 0 aromatic heterocycles. The van der Waals surface area contributed by atoms with Crippen LogP contribution in [0.2, 0.25) is 5.04 Å². The maximum absolute atomic E-state index is 8.81. The Morgan fingerprint density at radius 3 is 1.10 bits per heavy atom. The molecule has 0 fully saturated rings. The van der Waals surface area contributed by atoms with Crippen LogP contribution >= 0.6 is 0 Å². The first-order valence-electron chi connectivity index (χ1n) is 16.4. The number of rotatable bonds is 23. The Morgan fingerprint density at radius 2 is 0.795 bits per heavy atom. The summed E-state index contributed by atoms with van der Waals surface area (Å²) in [5, 5.41) is 11.6. The summed E-state index contributed by atoms with van der Waals surface area (Å²) >= 11 is 0. The second-order valence-electron chi connectivity index (χ2n) is 12.6. The van der Waals surface area contributed by atoms with Gasteiger partial charge in [0.2, 0.25) is 0 Å². The van der Waals surface area contributed by atoms with Crippen molar-refractivity contribution in [3.8, 4) is 0 Å². The van der Waals surface area contributed by atoms with E-state index in [1.807, 2.05) is 0 Å². The van der Waals surface area contributed by atoms with Crippen molar-refractivity contribution >= 4 is 18.7 Å². The largest absolute Gasteiger partial charge is 0.407 e. The molecule has 2 aromatic carbocycles. The fraction of sp³-hybridized carbons (Fsp3) is 0.667. The lowest BCUT2D eigenvalue weighted by Crippen LogP contribution is -2.66. The van der Waals surface area contributed by atoms with Crippen molar-refractivity contribution in [3.05, 3.63) is 60.7 Å². The van der Waals surface area contributed by atoms with Gasteiger partial charge in [0.25, 0.3) is 8.32 Å². The quantitative estimate of drug-likeness (QED) is 0.110. The third kappa shape index (κ3) is 12.7. The zero-order valence-corrected chi connectivity index (χ0v) is 26.8. The zero-order chi connectivity index (χ0) is 28.1. The van der Waals surface area contributed by atoms with E-state index in [9.17, 15) is 0 Å². The molecule has 0 saturated carbocycles. The van der Waals surface area contributed by atoms with Gasteiger partial charge in [0, 0.05) is 13.2 Å². The topological polar surface area (TPSA) is 29.5 Å². The second-order valence-corrected chi connectivity index (χ2v) is 16.9.